The quantitative estimate of drug-likeness (QED) is 0.914. The summed E-state index contributed by atoms with van der Waals surface area (Å²) in [6.07, 6.45) is 2.14. The monoisotopic (exact) mass is 332 g/mol. The second kappa shape index (κ2) is 5.55. The molecule has 1 aromatic carbocycles. The molecule has 3 saturated heterocycles. The van der Waals surface area contributed by atoms with Crippen molar-refractivity contribution >= 4 is 11.8 Å². The predicted octanol–water partition coefficient (Wildman–Crippen LogP) is 1.58. The number of carbonyl (C=O) groups is 2. The molecule has 1 aromatic rings. The van der Waals surface area contributed by atoms with Crippen molar-refractivity contribution in [1.29, 1.82) is 0 Å². The molecule has 24 heavy (non-hydrogen) atoms. The van der Waals surface area contributed by atoms with Crippen molar-refractivity contribution in [2.75, 3.05) is 19.6 Å². The highest BCUT2D eigenvalue weighted by atomic mass is 19.1. The smallest absolute Gasteiger partial charge is 0.251 e. The van der Waals surface area contributed by atoms with Crippen molar-refractivity contribution in [2.45, 2.75) is 31.5 Å². The predicted molar refractivity (Wildman–Crippen MR) is 84.8 cm³/mol. The number of halogens is 1. The summed E-state index contributed by atoms with van der Waals surface area (Å²) in [5, 5.41) is 2.95. The van der Waals surface area contributed by atoms with Gasteiger partial charge in [0.25, 0.3) is 5.91 Å². The second-order valence-corrected chi connectivity index (χ2v) is 7.15. The Morgan fingerprint density at radius 2 is 2.12 bits per heavy atom. The van der Waals surface area contributed by atoms with E-state index in [1.165, 1.54) is 24.3 Å². The standard InChI is InChI=1S/C18H21FN2O3/c1-11(22)21-9-15-14(16-6-7-18(15,10-21)24-16)8-20-17(23)12-2-4-13(19)5-3-12/h2-5,14-16H,6-10H2,1H3,(H,20,23)/t14-,15+,16+,18+/m0/s1. The third-order valence-corrected chi connectivity index (χ3v) is 5.83. The maximum Gasteiger partial charge on any atom is 0.251 e. The molecule has 3 aliphatic heterocycles. The van der Waals surface area contributed by atoms with Crippen LogP contribution in [0.4, 0.5) is 4.39 Å². The average molecular weight is 332 g/mol. The van der Waals surface area contributed by atoms with Gasteiger partial charge in [0.2, 0.25) is 5.91 Å². The first kappa shape index (κ1) is 15.6. The molecule has 4 rings (SSSR count). The molecular weight excluding hydrogens is 311 g/mol. The molecule has 0 saturated carbocycles. The molecule has 1 N–H and O–H groups in total. The van der Waals surface area contributed by atoms with Crippen molar-refractivity contribution < 1.29 is 18.7 Å². The Balaban J connectivity index is 1.43. The van der Waals surface area contributed by atoms with E-state index in [1.54, 1.807) is 6.92 Å². The lowest BCUT2D eigenvalue weighted by Crippen LogP contribution is -2.41. The largest absolute Gasteiger partial charge is 0.369 e. The van der Waals surface area contributed by atoms with Crippen LogP contribution in [0, 0.1) is 17.7 Å². The molecule has 0 aromatic heterocycles. The number of hydrogen-bond acceptors (Lipinski definition) is 3. The van der Waals surface area contributed by atoms with Crippen molar-refractivity contribution in [2.24, 2.45) is 11.8 Å². The molecule has 1 spiro atoms. The fourth-order valence-corrected chi connectivity index (χ4v) is 4.62. The van der Waals surface area contributed by atoms with E-state index in [4.69, 9.17) is 4.74 Å². The number of hydrogen-bond donors (Lipinski definition) is 1. The Bertz CT molecular complexity index is 677. The summed E-state index contributed by atoms with van der Waals surface area (Å²) in [5.74, 6) is 0.0413. The van der Waals surface area contributed by atoms with Gasteiger partial charge in [0.15, 0.2) is 0 Å². The SMILES string of the molecule is CC(=O)N1C[C@@H]2[C@H](CNC(=O)c3ccc(F)cc3)[C@H]3CC[C@]2(C1)O3. The van der Waals surface area contributed by atoms with Crippen LogP contribution in [0.15, 0.2) is 24.3 Å². The van der Waals surface area contributed by atoms with Crippen LogP contribution in [0.2, 0.25) is 0 Å². The Morgan fingerprint density at radius 3 is 2.83 bits per heavy atom. The molecule has 0 unspecified atom stereocenters. The summed E-state index contributed by atoms with van der Waals surface area (Å²) in [5.41, 5.74) is 0.244. The van der Waals surface area contributed by atoms with Crippen LogP contribution in [0.25, 0.3) is 0 Å². The van der Waals surface area contributed by atoms with Crippen LogP contribution in [-0.4, -0.2) is 48.1 Å². The number of carbonyl (C=O) groups excluding carboxylic acids is 2. The Morgan fingerprint density at radius 1 is 1.38 bits per heavy atom. The van der Waals surface area contributed by atoms with E-state index in [0.717, 1.165) is 12.8 Å². The van der Waals surface area contributed by atoms with E-state index < -0.39 is 0 Å². The van der Waals surface area contributed by atoms with Crippen molar-refractivity contribution in [1.82, 2.24) is 10.2 Å². The zero-order chi connectivity index (χ0) is 16.9. The minimum Gasteiger partial charge on any atom is -0.369 e. The number of rotatable bonds is 3. The molecule has 2 bridgehead atoms. The Hall–Kier alpha value is -1.95. The Kier molecular flexibility index (Phi) is 3.60. The van der Waals surface area contributed by atoms with Crippen molar-refractivity contribution in [3.05, 3.63) is 35.6 Å². The summed E-state index contributed by atoms with van der Waals surface area (Å²) in [4.78, 5) is 25.8. The average Bonchev–Trinajstić information content (AvgIpc) is 3.21. The number of nitrogens with one attached hydrogen (secondary N) is 1. The van der Waals surface area contributed by atoms with Crippen LogP contribution < -0.4 is 5.32 Å². The van der Waals surface area contributed by atoms with Gasteiger partial charge in [-0.25, -0.2) is 4.39 Å². The first-order valence-corrected chi connectivity index (χ1v) is 8.46. The Labute approximate surface area is 140 Å². The molecular formula is C18H21FN2O3. The lowest BCUT2D eigenvalue weighted by molar-refractivity contribution is -0.129. The first-order valence-electron chi connectivity index (χ1n) is 8.46. The van der Waals surface area contributed by atoms with Gasteiger partial charge in [0, 0.05) is 37.4 Å². The zero-order valence-corrected chi connectivity index (χ0v) is 13.6. The summed E-state index contributed by atoms with van der Waals surface area (Å²) in [6.45, 7) is 3.50. The summed E-state index contributed by atoms with van der Waals surface area (Å²) in [6, 6.07) is 5.53. The molecule has 4 atom stereocenters. The minimum absolute atomic E-state index is 0.0833. The van der Waals surface area contributed by atoms with E-state index >= 15 is 0 Å². The molecule has 128 valence electrons. The topological polar surface area (TPSA) is 58.6 Å². The second-order valence-electron chi connectivity index (χ2n) is 7.15. The van der Waals surface area contributed by atoms with E-state index in [-0.39, 0.29) is 41.2 Å². The third kappa shape index (κ3) is 2.40. The molecule has 2 amide bonds. The lowest BCUT2D eigenvalue weighted by atomic mass is 9.73. The van der Waals surface area contributed by atoms with Crippen LogP contribution in [0.5, 0.6) is 0 Å². The molecule has 0 aliphatic carbocycles. The number of amides is 2. The highest BCUT2D eigenvalue weighted by Crippen LogP contribution is 2.54. The molecule has 3 heterocycles. The molecule has 3 aliphatic rings. The van der Waals surface area contributed by atoms with Gasteiger partial charge in [-0.3, -0.25) is 9.59 Å². The summed E-state index contributed by atoms with van der Waals surface area (Å²) in [7, 11) is 0. The molecule has 5 nitrogen and oxygen atoms in total. The summed E-state index contributed by atoms with van der Waals surface area (Å²) >= 11 is 0. The highest BCUT2D eigenvalue weighted by Gasteiger charge is 2.63. The van der Waals surface area contributed by atoms with Gasteiger partial charge in [-0.15, -0.1) is 0 Å². The fourth-order valence-electron chi connectivity index (χ4n) is 4.62. The molecule has 3 fully saturated rings. The van der Waals surface area contributed by atoms with Gasteiger partial charge in [0.05, 0.1) is 18.2 Å². The van der Waals surface area contributed by atoms with E-state index in [2.05, 4.69) is 5.32 Å². The van der Waals surface area contributed by atoms with E-state index in [1.807, 2.05) is 4.90 Å². The maximum absolute atomic E-state index is 13.0. The van der Waals surface area contributed by atoms with Crippen LogP contribution in [-0.2, 0) is 9.53 Å². The number of benzene rings is 1. The number of likely N-dealkylation sites (tertiary alicyclic amines) is 1. The van der Waals surface area contributed by atoms with Crippen LogP contribution >= 0.6 is 0 Å². The van der Waals surface area contributed by atoms with Crippen LogP contribution in [0.3, 0.4) is 0 Å². The van der Waals surface area contributed by atoms with E-state index in [9.17, 15) is 14.0 Å². The number of fused-ring (bicyclic) bond motifs is 1. The highest BCUT2D eigenvalue weighted by molar-refractivity contribution is 5.94. The molecule has 6 heteroatoms. The number of nitrogens with zero attached hydrogens (tertiary/aromatic N) is 1. The van der Waals surface area contributed by atoms with E-state index in [0.29, 0.717) is 25.2 Å². The van der Waals surface area contributed by atoms with Crippen molar-refractivity contribution in [3.63, 3.8) is 0 Å². The lowest BCUT2D eigenvalue weighted by Gasteiger charge is -2.29. The third-order valence-electron chi connectivity index (χ3n) is 5.83. The summed E-state index contributed by atoms with van der Waals surface area (Å²) < 4.78 is 19.2. The van der Waals surface area contributed by atoms with Gasteiger partial charge < -0.3 is 15.0 Å². The number of ether oxygens (including phenoxy) is 1. The van der Waals surface area contributed by atoms with Gasteiger partial charge in [0.1, 0.15) is 5.82 Å². The van der Waals surface area contributed by atoms with Gasteiger partial charge >= 0.3 is 0 Å². The fraction of sp³-hybridized carbons (Fsp3) is 0.556. The van der Waals surface area contributed by atoms with Gasteiger partial charge in [-0.1, -0.05) is 0 Å². The van der Waals surface area contributed by atoms with Crippen LogP contribution in [0.1, 0.15) is 30.1 Å². The first-order chi connectivity index (χ1) is 11.5. The van der Waals surface area contributed by atoms with Crippen molar-refractivity contribution in [3.8, 4) is 0 Å². The zero-order valence-electron chi connectivity index (χ0n) is 13.6. The minimum atomic E-state index is -0.356. The van der Waals surface area contributed by atoms with Gasteiger partial charge in [-0.05, 0) is 37.1 Å². The van der Waals surface area contributed by atoms with Gasteiger partial charge in [-0.2, -0.15) is 0 Å². The maximum atomic E-state index is 13.0. The molecule has 0 radical (unpaired) electrons. The normalized spacial score (nSPS) is 33.6.